The van der Waals surface area contributed by atoms with Crippen LogP contribution in [0.15, 0.2) is 30.7 Å². The van der Waals surface area contributed by atoms with Gasteiger partial charge in [0.1, 0.15) is 5.82 Å². The molecular formula is C17H25N7O. The molecule has 2 aromatic heterocycles. The highest BCUT2D eigenvalue weighted by Crippen LogP contribution is 2.19. The molecule has 1 saturated heterocycles. The number of carbonyl (C=O) groups excluding carboxylic acids is 1. The van der Waals surface area contributed by atoms with Crippen molar-refractivity contribution < 1.29 is 4.79 Å². The average molecular weight is 343 g/mol. The Hall–Kier alpha value is -2.77. The lowest BCUT2D eigenvalue weighted by molar-refractivity contribution is 0.237. The third-order valence-electron chi connectivity index (χ3n) is 4.31. The van der Waals surface area contributed by atoms with E-state index in [4.69, 9.17) is 0 Å². The molecule has 8 heteroatoms. The molecule has 0 saturated carbocycles. The minimum absolute atomic E-state index is 0.141. The summed E-state index contributed by atoms with van der Waals surface area (Å²) < 4.78 is 1.79. The van der Waals surface area contributed by atoms with E-state index in [1.807, 2.05) is 50.6 Å². The van der Waals surface area contributed by atoms with Gasteiger partial charge in [0, 0.05) is 64.8 Å². The summed E-state index contributed by atoms with van der Waals surface area (Å²) in [6.07, 6.45) is 6.53. The lowest BCUT2D eigenvalue weighted by Crippen LogP contribution is -2.43. The molecule has 3 rings (SSSR count). The molecule has 8 nitrogen and oxygen atoms in total. The lowest BCUT2D eigenvalue weighted by atomic mass is 10.2. The zero-order valence-corrected chi connectivity index (χ0v) is 14.9. The van der Waals surface area contributed by atoms with Gasteiger partial charge in [0.15, 0.2) is 0 Å². The van der Waals surface area contributed by atoms with Crippen molar-refractivity contribution in [2.75, 3.05) is 37.0 Å². The van der Waals surface area contributed by atoms with Gasteiger partial charge in [0.25, 0.3) is 0 Å². The Kier molecular flexibility index (Phi) is 5.06. The molecule has 0 aromatic carbocycles. The van der Waals surface area contributed by atoms with Crippen molar-refractivity contribution in [2.24, 2.45) is 7.05 Å². The molecule has 0 spiro atoms. The fraction of sp³-hybridized carbons (Fsp3) is 0.471. The van der Waals surface area contributed by atoms with Crippen molar-refractivity contribution in [2.45, 2.75) is 19.0 Å². The maximum absolute atomic E-state index is 12.2. The fourth-order valence-corrected chi connectivity index (χ4v) is 3.07. The smallest absolute Gasteiger partial charge is 0.315 e. The van der Waals surface area contributed by atoms with E-state index in [2.05, 4.69) is 25.6 Å². The molecule has 0 unspecified atom stereocenters. The van der Waals surface area contributed by atoms with Gasteiger partial charge in [0.05, 0.1) is 11.9 Å². The van der Waals surface area contributed by atoms with E-state index in [0.29, 0.717) is 6.54 Å². The number of hydrogen-bond donors (Lipinski definition) is 2. The molecule has 1 atom stereocenters. The summed E-state index contributed by atoms with van der Waals surface area (Å²) in [5.41, 5.74) is 2.09. The molecule has 1 fully saturated rings. The Morgan fingerprint density at radius 3 is 3.00 bits per heavy atom. The first-order valence-corrected chi connectivity index (χ1v) is 8.42. The number of aryl methyl sites for hydroxylation is 1. The maximum Gasteiger partial charge on any atom is 0.315 e. The van der Waals surface area contributed by atoms with Gasteiger partial charge in [-0.1, -0.05) is 6.07 Å². The monoisotopic (exact) mass is 343 g/mol. The van der Waals surface area contributed by atoms with Crippen LogP contribution in [-0.2, 0) is 13.6 Å². The van der Waals surface area contributed by atoms with Gasteiger partial charge in [0.2, 0.25) is 0 Å². The minimum Gasteiger partial charge on any atom is -0.367 e. The highest BCUT2D eigenvalue weighted by atomic mass is 16.2. The van der Waals surface area contributed by atoms with E-state index in [0.717, 1.165) is 36.6 Å². The molecule has 0 aliphatic carbocycles. The van der Waals surface area contributed by atoms with Crippen LogP contribution in [0.4, 0.5) is 16.3 Å². The van der Waals surface area contributed by atoms with Crippen LogP contribution < -0.4 is 20.4 Å². The first-order valence-electron chi connectivity index (χ1n) is 8.42. The summed E-state index contributed by atoms with van der Waals surface area (Å²) in [6.45, 7) is 2.17. The van der Waals surface area contributed by atoms with E-state index >= 15 is 0 Å². The highest BCUT2D eigenvalue weighted by Gasteiger charge is 2.24. The van der Waals surface area contributed by atoms with E-state index in [9.17, 15) is 4.79 Å². The lowest BCUT2D eigenvalue weighted by Gasteiger charge is -2.18. The van der Waals surface area contributed by atoms with E-state index in [1.54, 1.807) is 10.9 Å². The van der Waals surface area contributed by atoms with Gasteiger partial charge in [-0.15, -0.1) is 0 Å². The largest absolute Gasteiger partial charge is 0.367 e. The Bertz CT molecular complexity index is 727. The molecule has 0 bridgehead atoms. The van der Waals surface area contributed by atoms with Crippen molar-refractivity contribution in [3.63, 3.8) is 0 Å². The summed E-state index contributed by atoms with van der Waals surface area (Å²) in [6, 6.07) is 3.85. The van der Waals surface area contributed by atoms with Crippen LogP contribution in [0.3, 0.4) is 0 Å². The first kappa shape index (κ1) is 17.1. The van der Waals surface area contributed by atoms with Gasteiger partial charge in [-0.25, -0.2) is 9.78 Å². The minimum atomic E-state index is -0.147. The van der Waals surface area contributed by atoms with Crippen molar-refractivity contribution in [3.8, 4) is 0 Å². The van der Waals surface area contributed by atoms with E-state index in [-0.39, 0.29) is 12.1 Å². The van der Waals surface area contributed by atoms with Crippen molar-refractivity contribution >= 4 is 17.5 Å². The molecule has 25 heavy (non-hydrogen) atoms. The van der Waals surface area contributed by atoms with Crippen LogP contribution in [-0.4, -0.2) is 54.0 Å². The third-order valence-corrected chi connectivity index (χ3v) is 4.31. The number of rotatable bonds is 5. The maximum atomic E-state index is 12.2. The van der Waals surface area contributed by atoms with E-state index in [1.165, 1.54) is 0 Å². The zero-order valence-electron chi connectivity index (χ0n) is 14.9. The first-order chi connectivity index (χ1) is 12.0. The quantitative estimate of drug-likeness (QED) is 0.845. The summed E-state index contributed by atoms with van der Waals surface area (Å²) in [5, 5.41) is 10.2. The van der Waals surface area contributed by atoms with E-state index < -0.39 is 0 Å². The topological polar surface area (TPSA) is 78.3 Å². The fourth-order valence-electron chi connectivity index (χ4n) is 3.07. The predicted octanol–water partition coefficient (Wildman–Crippen LogP) is 0.959. The molecule has 1 aliphatic rings. The Morgan fingerprint density at radius 2 is 2.28 bits per heavy atom. The zero-order chi connectivity index (χ0) is 17.8. The number of carbonyl (C=O) groups is 1. The van der Waals surface area contributed by atoms with Crippen molar-refractivity contribution in [1.29, 1.82) is 0 Å². The number of urea groups is 1. The van der Waals surface area contributed by atoms with Crippen LogP contribution in [0.5, 0.6) is 0 Å². The predicted molar refractivity (Wildman–Crippen MR) is 97.8 cm³/mol. The summed E-state index contributed by atoms with van der Waals surface area (Å²) in [7, 11) is 5.79. The normalized spacial score (nSPS) is 16.8. The number of nitrogens with zero attached hydrogens (tertiary/aromatic N) is 5. The molecule has 2 aromatic rings. The van der Waals surface area contributed by atoms with Crippen LogP contribution in [0.25, 0.3) is 0 Å². The molecular weight excluding hydrogens is 318 g/mol. The number of amides is 2. The van der Waals surface area contributed by atoms with Gasteiger partial charge < -0.3 is 20.4 Å². The van der Waals surface area contributed by atoms with Crippen molar-refractivity contribution in [1.82, 2.24) is 25.4 Å². The van der Waals surface area contributed by atoms with Crippen LogP contribution in [0.2, 0.25) is 0 Å². The average Bonchev–Trinajstić information content (AvgIpc) is 3.22. The molecule has 3 heterocycles. The molecule has 0 radical (unpaired) electrons. The summed E-state index contributed by atoms with van der Waals surface area (Å²) >= 11 is 0. The van der Waals surface area contributed by atoms with Crippen LogP contribution in [0.1, 0.15) is 12.0 Å². The number of nitrogens with one attached hydrogen (secondary N) is 2. The van der Waals surface area contributed by atoms with Crippen LogP contribution in [0, 0.1) is 0 Å². The number of anilines is 2. The number of hydrogen-bond acceptors (Lipinski definition) is 5. The molecule has 1 aliphatic heterocycles. The Morgan fingerprint density at radius 1 is 1.44 bits per heavy atom. The number of pyridine rings is 1. The highest BCUT2D eigenvalue weighted by molar-refractivity contribution is 5.74. The second-order valence-corrected chi connectivity index (χ2v) is 6.51. The third kappa shape index (κ3) is 4.20. The molecule has 134 valence electrons. The second-order valence-electron chi connectivity index (χ2n) is 6.51. The van der Waals surface area contributed by atoms with Gasteiger partial charge in [-0.2, -0.15) is 5.10 Å². The Balaban J connectivity index is 1.49. The summed E-state index contributed by atoms with van der Waals surface area (Å²) in [4.78, 5) is 20.7. The Labute approximate surface area is 147 Å². The standard InChI is InChI=1S/C17H25N7O/c1-22(2)16-13(5-4-7-18-16)9-19-17(25)21-14-6-8-24(11-14)15-10-20-23(3)12-15/h4-5,7,10,12,14H,6,8-9,11H2,1-3H3,(H2,19,21,25)/t14-/m1/s1. The second kappa shape index (κ2) is 7.42. The van der Waals surface area contributed by atoms with Gasteiger partial charge >= 0.3 is 6.03 Å². The number of aromatic nitrogens is 3. The molecule has 2 N–H and O–H groups in total. The van der Waals surface area contributed by atoms with Crippen molar-refractivity contribution in [3.05, 3.63) is 36.3 Å². The van der Waals surface area contributed by atoms with Gasteiger partial charge in [-0.3, -0.25) is 4.68 Å². The van der Waals surface area contributed by atoms with Gasteiger partial charge in [-0.05, 0) is 12.5 Å². The SMILES string of the molecule is CN(C)c1ncccc1CNC(=O)N[C@@H]1CCN(c2cnn(C)c2)C1. The molecule has 2 amide bonds. The summed E-state index contributed by atoms with van der Waals surface area (Å²) in [5.74, 6) is 0.867. The van der Waals surface area contributed by atoms with Crippen LogP contribution >= 0.6 is 0 Å².